The predicted molar refractivity (Wildman–Crippen MR) is 130 cm³/mol. The van der Waals surface area contributed by atoms with Crippen molar-refractivity contribution in [2.75, 3.05) is 6.54 Å². The van der Waals surface area contributed by atoms with Gasteiger partial charge >= 0.3 is 6.09 Å². The van der Waals surface area contributed by atoms with Crippen molar-refractivity contribution >= 4 is 18.2 Å². The maximum Gasteiger partial charge on any atom is 0.410 e. The zero-order valence-electron chi connectivity index (χ0n) is 19.5. The Morgan fingerprint density at radius 2 is 1.88 bits per heavy atom. The van der Waals surface area contributed by atoms with Crippen molar-refractivity contribution in [1.29, 1.82) is 0 Å². The van der Waals surface area contributed by atoms with E-state index in [9.17, 15) is 4.79 Å². The molecule has 1 amide bonds. The smallest absolute Gasteiger partial charge is 0.410 e. The second-order valence-electron chi connectivity index (χ2n) is 9.20. The van der Waals surface area contributed by atoms with Crippen LogP contribution in [0, 0.1) is 0 Å². The maximum atomic E-state index is 12.6. The number of benzene rings is 2. The van der Waals surface area contributed by atoms with E-state index in [1.54, 1.807) is 11.1 Å². The van der Waals surface area contributed by atoms with Crippen molar-refractivity contribution in [3.05, 3.63) is 83.4 Å². The minimum Gasteiger partial charge on any atom is -0.488 e. The zero-order valence-corrected chi connectivity index (χ0v) is 19.5. The second kappa shape index (κ2) is 9.94. The molecule has 0 saturated carbocycles. The topological polar surface area (TPSA) is 67.4 Å². The average molecular weight is 446 g/mol. The van der Waals surface area contributed by atoms with E-state index in [4.69, 9.17) is 9.47 Å². The molecule has 1 aliphatic heterocycles. The number of carbonyl (C=O) groups is 1. The molecule has 2 aromatic carbocycles. The van der Waals surface area contributed by atoms with Crippen LogP contribution in [0.2, 0.25) is 0 Å². The SMILES string of the molecule is CC(C)(C)OC(=O)N1CCC[C@H]1c1ncc(/C=C\c2ccccc2OCc2ccccc2)[nH]1. The van der Waals surface area contributed by atoms with Gasteiger partial charge in [0, 0.05) is 12.1 Å². The fraction of sp³-hybridized carbons (Fsp3) is 0.333. The molecule has 6 heteroatoms. The Bertz CT molecular complexity index is 1100. The van der Waals surface area contributed by atoms with Gasteiger partial charge in [0.25, 0.3) is 0 Å². The van der Waals surface area contributed by atoms with Crippen molar-refractivity contribution in [3.63, 3.8) is 0 Å². The summed E-state index contributed by atoms with van der Waals surface area (Å²) in [5.41, 5.74) is 2.47. The standard InChI is InChI=1S/C27H31N3O3/c1-27(2,3)33-26(31)30-17-9-13-23(30)25-28-18-22(29-25)16-15-21-12-7-8-14-24(21)32-19-20-10-5-4-6-11-20/h4-8,10-12,14-16,18,23H,9,13,17,19H2,1-3H3,(H,28,29)/b16-15-/t23-/m0/s1. The highest BCUT2D eigenvalue weighted by molar-refractivity contribution is 5.71. The number of rotatable bonds is 6. The molecular formula is C27H31N3O3. The Morgan fingerprint density at radius 1 is 1.12 bits per heavy atom. The zero-order chi connectivity index (χ0) is 23.3. The maximum absolute atomic E-state index is 12.6. The number of nitrogens with zero attached hydrogens (tertiary/aromatic N) is 2. The number of para-hydroxylation sites is 1. The summed E-state index contributed by atoms with van der Waals surface area (Å²) in [4.78, 5) is 22.3. The van der Waals surface area contributed by atoms with Crippen molar-refractivity contribution in [2.24, 2.45) is 0 Å². The molecule has 1 N–H and O–H groups in total. The van der Waals surface area contributed by atoms with Crippen molar-refractivity contribution in [3.8, 4) is 5.75 Å². The first kappa shape index (κ1) is 22.6. The van der Waals surface area contributed by atoms with Gasteiger partial charge in [0.2, 0.25) is 0 Å². The summed E-state index contributed by atoms with van der Waals surface area (Å²) in [6.07, 6.45) is 7.30. The molecule has 2 heterocycles. The number of ether oxygens (including phenoxy) is 2. The number of aromatic amines is 1. The summed E-state index contributed by atoms with van der Waals surface area (Å²) in [5, 5.41) is 0. The fourth-order valence-corrected chi connectivity index (χ4v) is 3.86. The van der Waals surface area contributed by atoms with E-state index in [0.717, 1.165) is 41.2 Å². The Hall–Kier alpha value is -3.54. The van der Waals surface area contributed by atoms with Crippen LogP contribution in [0.3, 0.4) is 0 Å². The van der Waals surface area contributed by atoms with Crippen LogP contribution in [0.25, 0.3) is 12.2 Å². The number of hydrogen-bond acceptors (Lipinski definition) is 4. The van der Waals surface area contributed by atoms with Crippen molar-refractivity contribution in [2.45, 2.75) is 51.9 Å². The minimum atomic E-state index is -0.517. The van der Waals surface area contributed by atoms with Gasteiger partial charge in [-0.2, -0.15) is 0 Å². The van der Waals surface area contributed by atoms with E-state index in [2.05, 4.69) is 9.97 Å². The van der Waals surface area contributed by atoms with Crippen LogP contribution in [0.15, 0.2) is 60.8 Å². The summed E-state index contributed by atoms with van der Waals surface area (Å²) in [5.74, 6) is 1.61. The van der Waals surface area contributed by atoms with Gasteiger partial charge in [-0.3, -0.25) is 4.90 Å². The van der Waals surface area contributed by atoms with Gasteiger partial charge in [-0.25, -0.2) is 9.78 Å². The van der Waals surface area contributed by atoms with E-state index in [-0.39, 0.29) is 12.1 Å². The second-order valence-corrected chi connectivity index (χ2v) is 9.20. The number of imidazole rings is 1. The molecule has 1 saturated heterocycles. The number of aromatic nitrogens is 2. The fourth-order valence-electron chi connectivity index (χ4n) is 3.86. The highest BCUT2D eigenvalue weighted by Crippen LogP contribution is 2.32. The number of nitrogens with one attached hydrogen (secondary N) is 1. The van der Waals surface area contributed by atoms with Gasteiger partial charge in [0.05, 0.1) is 17.9 Å². The highest BCUT2D eigenvalue weighted by Gasteiger charge is 2.34. The van der Waals surface area contributed by atoms with Crippen LogP contribution in [-0.4, -0.2) is 33.1 Å². The minimum absolute atomic E-state index is 0.0940. The van der Waals surface area contributed by atoms with Crippen molar-refractivity contribution < 1.29 is 14.3 Å². The molecule has 0 aliphatic carbocycles. The number of likely N-dealkylation sites (tertiary alicyclic amines) is 1. The Kier molecular flexibility index (Phi) is 6.82. The first-order valence-corrected chi connectivity index (χ1v) is 11.4. The first-order chi connectivity index (χ1) is 15.9. The molecule has 0 unspecified atom stereocenters. The molecule has 6 nitrogen and oxygen atoms in total. The molecule has 172 valence electrons. The van der Waals surface area contributed by atoms with Crippen LogP contribution in [-0.2, 0) is 11.3 Å². The third-order valence-electron chi connectivity index (χ3n) is 5.41. The predicted octanol–water partition coefficient (Wildman–Crippen LogP) is 6.23. The lowest BCUT2D eigenvalue weighted by Gasteiger charge is -2.27. The quantitative estimate of drug-likeness (QED) is 0.488. The number of hydrogen-bond donors (Lipinski definition) is 1. The molecule has 1 atom stereocenters. The average Bonchev–Trinajstić information content (AvgIpc) is 3.46. The Balaban J connectivity index is 1.43. The van der Waals surface area contributed by atoms with E-state index >= 15 is 0 Å². The number of H-pyrrole nitrogens is 1. The highest BCUT2D eigenvalue weighted by atomic mass is 16.6. The van der Waals surface area contributed by atoms with E-state index in [1.807, 2.05) is 87.5 Å². The molecule has 1 aromatic heterocycles. The molecule has 0 spiro atoms. The van der Waals surface area contributed by atoms with Gasteiger partial charge in [-0.05, 0) is 57.4 Å². The molecule has 0 radical (unpaired) electrons. The summed E-state index contributed by atoms with van der Waals surface area (Å²) in [6.45, 7) is 6.84. The third kappa shape index (κ3) is 6.04. The molecule has 1 fully saturated rings. The largest absolute Gasteiger partial charge is 0.488 e. The monoisotopic (exact) mass is 445 g/mol. The lowest BCUT2D eigenvalue weighted by molar-refractivity contribution is 0.0218. The lowest BCUT2D eigenvalue weighted by atomic mass is 10.1. The summed E-state index contributed by atoms with van der Waals surface area (Å²) < 4.78 is 11.6. The Morgan fingerprint density at radius 3 is 2.67 bits per heavy atom. The van der Waals surface area contributed by atoms with E-state index in [1.165, 1.54) is 0 Å². The van der Waals surface area contributed by atoms with Crippen LogP contribution < -0.4 is 4.74 Å². The summed E-state index contributed by atoms with van der Waals surface area (Å²) >= 11 is 0. The molecule has 4 rings (SSSR count). The molecular weight excluding hydrogens is 414 g/mol. The molecule has 33 heavy (non-hydrogen) atoms. The van der Waals surface area contributed by atoms with E-state index in [0.29, 0.717) is 13.2 Å². The first-order valence-electron chi connectivity index (χ1n) is 11.4. The van der Waals surface area contributed by atoms with Gasteiger partial charge in [0.1, 0.15) is 23.8 Å². The normalized spacial score (nSPS) is 16.3. The van der Waals surface area contributed by atoms with E-state index < -0.39 is 5.60 Å². The summed E-state index contributed by atoms with van der Waals surface area (Å²) in [6, 6.07) is 18.0. The molecule has 3 aromatic rings. The van der Waals surface area contributed by atoms with Crippen molar-refractivity contribution in [1.82, 2.24) is 14.9 Å². The van der Waals surface area contributed by atoms with Gasteiger partial charge < -0.3 is 14.5 Å². The van der Waals surface area contributed by atoms with Gasteiger partial charge in [-0.1, -0.05) is 48.5 Å². The molecule has 1 aliphatic rings. The van der Waals surface area contributed by atoms with Crippen LogP contribution in [0.5, 0.6) is 5.75 Å². The molecule has 0 bridgehead atoms. The van der Waals surface area contributed by atoms with Crippen LogP contribution >= 0.6 is 0 Å². The van der Waals surface area contributed by atoms with Crippen LogP contribution in [0.4, 0.5) is 4.79 Å². The summed E-state index contributed by atoms with van der Waals surface area (Å²) in [7, 11) is 0. The van der Waals surface area contributed by atoms with Gasteiger partial charge in [0.15, 0.2) is 0 Å². The number of carbonyl (C=O) groups excluding carboxylic acids is 1. The number of amides is 1. The third-order valence-corrected chi connectivity index (χ3v) is 5.41. The lowest BCUT2D eigenvalue weighted by Crippen LogP contribution is -2.36. The Labute approximate surface area is 195 Å². The van der Waals surface area contributed by atoms with Crippen LogP contribution in [0.1, 0.15) is 62.3 Å². The van der Waals surface area contributed by atoms with Gasteiger partial charge in [-0.15, -0.1) is 0 Å².